The van der Waals surface area contributed by atoms with Crippen LogP contribution in [-0.4, -0.2) is 39.6 Å². The van der Waals surface area contributed by atoms with Gasteiger partial charge in [0, 0.05) is 52.4 Å². The van der Waals surface area contributed by atoms with Gasteiger partial charge in [-0.2, -0.15) is 0 Å². The molecule has 0 amide bonds. The normalized spacial score (nSPS) is 50.5. The minimum Gasteiger partial charge on any atom is -0.454 e. The summed E-state index contributed by atoms with van der Waals surface area (Å²) in [6.45, 7) is 5.42. The molecule has 1 spiro atoms. The van der Waals surface area contributed by atoms with E-state index in [4.69, 9.17) is 16.3 Å². The van der Waals surface area contributed by atoms with E-state index in [0.717, 1.165) is 12.0 Å². The van der Waals surface area contributed by atoms with E-state index in [1.807, 2.05) is 6.92 Å². The van der Waals surface area contributed by atoms with Crippen LogP contribution in [0.1, 0.15) is 72.1 Å². The first-order valence-corrected chi connectivity index (χ1v) is 13.4. The van der Waals surface area contributed by atoms with Crippen molar-refractivity contribution < 1.29 is 29.0 Å². The van der Waals surface area contributed by atoms with Crippen molar-refractivity contribution >= 4 is 34.9 Å². The Morgan fingerprint density at radius 2 is 1.86 bits per heavy atom. The topological polar surface area (TPSA) is 97.7 Å². The van der Waals surface area contributed by atoms with E-state index in [9.17, 15) is 24.3 Å². The predicted molar refractivity (Wildman–Crippen MR) is 127 cm³/mol. The Morgan fingerprint density at radius 1 is 1.14 bits per heavy atom. The zero-order chi connectivity index (χ0) is 25.1. The highest BCUT2D eigenvalue weighted by Gasteiger charge is 2.77. The maximum atomic E-state index is 13.6. The Labute approximate surface area is 210 Å². The molecule has 6 rings (SSSR count). The van der Waals surface area contributed by atoms with Crippen LogP contribution >= 0.6 is 11.6 Å². The van der Waals surface area contributed by atoms with Crippen LogP contribution < -0.4 is 0 Å². The maximum absolute atomic E-state index is 13.6. The summed E-state index contributed by atoms with van der Waals surface area (Å²) in [6.07, 6.45) is 7.07. The van der Waals surface area contributed by atoms with E-state index < -0.39 is 33.9 Å². The molecule has 1 N–H and O–H groups in total. The molecule has 6 nitrogen and oxygen atoms in total. The van der Waals surface area contributed by atoms with Crippen molar-refractivity contribution in [2.24, 2.45) is 40.4 Å². The van der Waals surface area contributed by atoms with E-state index in [2.05, 4.69) is 6.92 Å². The number of halogens is 1. The molecular weight excluding hydrogens is 468 g/mol. The molecule has 188 valence electrons. The molecule has 0 aromatic rings. The number of ether oxygens (including phenoxy) is 1. The zero-order valence-electron chi connectivity index (χ0n) is 20.6. The Hall–Kier alpha value is -1.79. The third kappa shape index (κ3) is 2.76. The van der Waals surface area contributed by atoms with E-state index in [1.54, 1.807) is 12.2 Å². The fourth-order valence-corrected chi connectivity index (χ4v) is 9.66. The molecule has 7 heteroatoms. The lowest BCUT2D eigenvalue weighted by Crippen LogP contribution is -2.66. The second-order valence-corrected chi connectivity index (χ2v) is 12.8. The van der Waals surface area contributed by atoms with Crippen molar-refractivity contribution in [2.45, 2.75) is 83.3 Å². The molecule has 6 aliphatic rings. The minimum absolute atomic E-state index is 0.0236. The standard InChI is InChI=1S/C28H33ClO6/c1-14(30)28(34)12-16-20(31)6-4-5-7-23(33)35-27-13-19(29)18-11-21(32)15-10-17(15)26(18,3)22(27)8-9-25(28,2)24(16)27/h11,13,15-17,22,24,34H,4-10,12H2,1-3H3/t15-,16+,17+,22-,24-,25+,26+,27+,28+/m1/s1. The van der Waals surface area contributed by atoms with Gasteiger partial charge in [-0.15, -0.1) is 0 Å². The lowest BCUT2D eigenvalue weighted by Gasteiger charge is -2.62. The Morgan fingerprint density at radius 3 is 2.57 bits per heavy atom. The molecule has 0 aromatic heterocycles. The van der Waals surface area contributed by atoms with Crippen LogP contribution in [0.4, 0.5) is 0 Å². The van der Waals surface area contributed by atoms with E-state index >= 15 is 0 Å². The van der Waals surface area contributed by atoms with Crippen molar-refractivity contribution in [1.82, 2.24) is 0 Å². The van der Waals surface area contributed by atoms with Gasteiger partial charge in [0.25, 0.3) is 0 Å². The summed E-state index contributed by atoms with van der Waals surface area (Å²) in [6, 6.07) is 0. The Balaban J connectivity index is 1.63. The molecule has 0 aromatic carbocycles. The summed E-state index contributed by atoms with van der Waals surface area (Å²) < 4.78 is 6.48. The Kier molecular flexibility index (Phi) is 4.83. The van der Waals surface area contributed by atoms with Gasteiger partial charge < -0.3 is 9.84 Å². The summed E-state index contributed by atoms with van der Waals surface area (Å²) >= 11 is 6.94. The number of hydrogen-bond acceptors (Lipinski definition) is 6. The van der Waals surface area contributed by atoms with E-state index in [1.165, 1.54) is 6.92 Å². The van der Waals surface area contributed by atoms with Gasteiger partial charge >= 0.3 is 5.97 Å². The summed E-state index contributed by atoms with van der Waals surface area (Å²) in [5.41, 5.74) is -3.54. The molecule has 35 heavy (non-hydrogen) atoms. The molecule has 1 aliphatic heterocycles. The summed E-state index contributed by atoms with van der Waals surface area (Å²) in [5, 5.41) is 12.3. The number of fused-ring (bicyclic) bond motifs is 4. The number of carbonyl (C=O) groups excluding carboxylic acids is 4. The monoisotopic (exact) mass is 500 g/mol. The van der Waals surface area contributed by atoms with Crippen LogP contribution in [0.25, 0.3) is 0 Å². The van der Waals surface area contributed by atoms with Gasteiger partial charge in [0.2, 0.25) is 0 Å². The molecule has 1 heterocycles. The van der Waals surface area contributed by atoms with Crippen LogP contribution in [0.3, 0.4) is 0 Å². The van der Waals surface area contributed by atoms with Crippen LogP contribution in [0.5, 0.6) is 0 Å². The number of aliphatic hydroxyl groups is 1. The van der Waals surface area contributed by atoms with Crippen molar-refractivity contribution in [3.63, 3.8) is 0 Å². The van der Waals surface area contributed by atoms with Gasteiger partial charge in [-0.1, -0.05) is 25.4 Å². The third-order valence-electron chi connectivity index (χ3n) is 11.0. The third-order valence-corrected chi connectivity index (χ3v) is 11.3. The Bertz CT molecular complexity index is 1140. The zero-order valence-corrected chi connectivity index (χ0v) is 21.3. The van der Waals surface area contributed by atoms with Gasteiger partial charge in [-0.05, 0) is 69.1 Å². The number of ketones is 3. The molecule has 0 radical (unpaired) electrons. The summed E-state index contributed by atoms with van der Waals surface area (Å²) in [5.74, 6) is -1.86. The van der Waals surface area contributed by atoms with Gasteiger partial charge in [0.1, 0.15) is 17.0 Å². The van der Waals surface area contributed by atoms with Crippen LogP contribution in [-0.2, 0) is 23.9 Å². The molecular formula is C28H33ClO6. The van der Waals surface area contributed by atoms with E-state index in [0.29, 0.717) is 37.1 Å². The van der Waals surface area contributed by atoms with Gasteiger partial charge in [0.05, 0.1) is 0 Å². The lowest BCUT2D eigenvalue weighted by molar-refractivity contribution is -0.213. The van der Waals surface area contributed by atoms with Crippen LogP contribution in [0.2, 0.25) is 0 Å². The highest BCUT2D eigenvalue weighted by Crippen LogP contribution is 2.75. The first-order chi connectivity index (χ1) is 16.4. The number of rotatable bonds is 1. The molecule has 0 bridgehead atoms. The van der Waals surface area contributed by atoms with Gasteiger partial charge in [0.15, 0.2) is 11.6 Å². The second-order valence-electron chi connectivity index (χ2n) is 12.4. The fraction of sp³-hybridized carbons (Fsp3) is 0.714. The summed E-state index contributed by atoms with van der Waals surface area (Å²) in [4.78, 5) is 52.5. The molecule has 3 saturated carbocycles. The number of allylic oxidation sites excluding steroid dienone is 3. The fourth-order valence-electron chi connectivity index (χ4n) is 9.23. The number of carbonyl (C=O) groups is 4. The molecule has 4 fully saturated rings. The number of esters is 1. The van der Waals surface area contributed by atoms with E-state index in [-0.39, 0.29) is 53.9 Å². The largest absolute Gasteiger partial charge is 0.454 e. The van der Waals surface area contributed by atoms with Crippen molar-refractivity contribution in [3.05, 3.63) is 22.8 Å². The van der Waals surface area contributed by atoms with Crippen LogP contribution in [0.15, 0.2) is 22.8 Å². The van der Waals surface area contributed by atoms with Crippen molar-refractivity contribution in [1.29, 1.82) is 0 Å². The van der Waals surface area contributed by atoms with Gasteiger partial charge in [-0.3, -0.25) is 19.2 Å². The van der Waals surface area contributed by atoms with Gasteiger partial charge in [-0.25, -0.2) is 0 Å². The number of Topliss-reactive ketones (excluding diaryl/α,β-unsaturated/α-hetero) is 2. The molecule has 1 saturated heterocycles. The average Bonchev–Trinajstić information content (AvgIpc) is 3.55. The molecule has 5 aliphatic carbocycles. The first-order valence-electron chi connectivity index (χ1n) is 13.0. The van der Waals surface area contributed by atoms with Crippen LogP contribution in [0, 0.1) is 40.4 Å². The van der Waals surface area contributed by atoms with Crippen molar-refractivity contribution in [2.75, 3.05) is 0 Å². The molecule has 9 atom stereocenters. The quantitative estimate of drug-likeness (QED) is 0.545. The number of hydrogen-bond donors (Lipinski definition) is 1. The second kappa shape index (κ2) is 7.16. The summed E-state index contributed by atoms with van der Waals surface area (Å²) in [7, 11) is 0. The maximum Gasteiger partial charge on any atom is 0.306 e. The smallest absolute Gasteiger partial charge is 0.306 e. The highest BCUT2D eigenvalue weighted by molar-refractivity contribution is 6.33. The predicted octanol–water partition coefficient (Wildman–Crippen LogP) is 4.07. The lowest BCUT2D eigenvalue weighted by atomic mass is 9.44. The van der Waals surface area contributed by atoms with Crippen molar-refractivity contribution in [3.8, 4) is 0 Å². The average molecular weight is 501 g/mol. The SMILES string of the molecule is CC(=O)[C@@]1(O)C[C@H]2C(=O)CCCCC(=O)O[C@@]34C=C(Cl)C5=CC(=O)[C@@H]6C[C@@H]6[C@]5(C)[C@H]3CC[C@@]1(C)[C@@H]24. The molecule has 0 unspecified atom stereocenters. The first kappa shape index (κ1) is 23.6. The minimum atomic E-state index is -1.68. The highest BCUT2D eigenvalue weighted by atomic mass is 35.5.